The predicted molar refractivity (Wildman–Crippen MR) is 120 cm³/mol. The highest BCUT2D eigenvalue weighted by Crippen LogP contribution is 2.24. The molecule has 0 spiro atoms. The molecule has 2 radical (unpaired) electrons. The van der Waals surface area contributed by atoms with Crippen molar-refractivity contribution in [3.05, 3.63) is 71.6 Å². The monoisotopic (exact) mass is 471 g/mol. The highest BCUT2D eigenvalue weighted by Gasteiger charge is 2.18. The van der Waals surface area contributed by atoms with Crippen LogP contribution in [0.25, 0.3) is 17.8 Å². The Bertz CT molecular complexity index is 1440. The lowest BCUT2D eigenvalue weighted by Crippen LogP contribution is -2.09. The van der Waals surface area contributed by atoms with Crippen molar-refractivity contribution in [3.8, 4) is 5.69 Å². The van der Waals surface area contributed by atoms with Crippen molar-refractivity contribution >= 4 is 45.7 Å². The maximum atomic E-state index is 12.0. The van der Waals surface area contributed by atoms with Crippen LogP contribution in [0.15, 0.2) is 58.8 Å². The van der Waals surface area contributed by atoms with E-state index in [0.717, 1.165) is 6.07 Å². The van der Waals surface area contributed by atoms with E-state index in [0.29, 0.717) is 23.5 Å². The van der Waals surface area contributed by atoms with Gasteiger partial charge in [0.1, 0.15) is 17.6 Å². The molecular formula is C20H18BN3O6S2. The normalized spacial score (nSPS) is 12.3. The van der Waals surface area contributed by atoms with E-state index >= 15 is 0 Å². The van der Waals surface area contributed by atoms with Gasteiger partial charge >= 0.3 is 0 Å². The molecule has 0 atom stereocenters. The summed E-state index contributed by atoms with van der Waals surface area (Å²) >= 11 is 0. The van der Waals surface area contributed by atoms with Gasteiger partial charge in [-0.3, -0.25) is 9.11 Å². The third-order valence-electron chi connectivity index (χ3n) is 4.48. The maximum Gasteiger partial charge on any atom is 0.295 e. The lowest BCUT2D eigenvalue weighted by molar-refractivity contribution is 0.480. The molecule has 3 rings (SSSR count). The van der Waals surface area contributed by atoms with E-state index in [9.17, 15) is 25.9 Å². The molecule has 0 unspecified atom stereocenters. The van der Waals surface area contributed by atoms with Gasteiger partial charge in [-0.2, -0.15) is 31.8 Å². The lowest BCUT2D eigenvalue weighted by atomic mass is 9.95. The first-order valence-electron chi connectivity index (χ1n) is 9.11. The van der Waals surface area contributed by atoms with Gasteiger partial charge in [-0.25, -0.2) is 0 Å². The second kappa shape index (κ2) is 8.83. The number of benzene rings is 2. The molecule has 3 aromatic rings. The molecule has 0 saturated carbocycles. The van der Waals surface area contributed by atoms with Crippen molar-refractivity contribution in [2.75, 3.05) is 0 Å². The zero-order valence-electron chi connectivity index (χ0n) is 16.9. The molecule has 32 heavy (non-hydrogen) atoms. The van der Waals surface area contributed by atoms with Crippen LogP contribution in [0.4, 0.5) is 0 Å². The molecule has 2 N–H and O–H groups in total. The van der Waals surface area contributed by atoms with Gasteiger partial charge in [0, 0.05) is 6.42 Å². The summed E-state index contributed by atoms with van der Waals surface area (Å²) in [5.41, 5.74) is 1.87. The smallest absolute Gasteiger partial charge is 0.282 e. The molecule has 1 heterocycles. The van der Waals surface area contributed by atoms with Gasteiger partial charge < -0.3 is 0 Å². The van der Waals surface area contributed by atoms with Crippen molar-refractivity contribution in [1.82, 2.24) is 15.0 Å². The quantitative estimate of drug-likeness (QED) is 0.230. The molecule has 0 saturated heterocycles. The Balaban J connectivity index is 2.09. The van der Waals surface area contributed by atoms with Gasteiger partial charge in [-0.05, 0) is 36.2 Å². The van der Waals surface area contributed by atoms with E-state index in [1.165, 1.54) is 47.3 Å². The summed E-state index contributed by atoms with van der Waals surface area (Å²) in [6, 6.07) is 8.00. The Morgan fingerprint density at radius 2 is 1.53 bits per heavy atom. The minimum Gasteiger partial charge on any atom is -0.282 e. The SMILES string of the molecule is [B]c1ccc(/C=C/c2ccc(-n3nc(C)c(CC=C)n3)cc2S(=O)(=O)O)c(S(=O)(=O)O)c1. The number of aryl methyl sites for hydroxylation is 1. The summed E-state index contributed by atoms with van der Waals surface area (Å²) < 4.78 is 66.4. The van der Waals surface area contributed by atoms with E-state index < -0.39 is 30.0 Å². The molecule has 0 fully saturated rings. The number of aromatic nitrogens is 3. The molecule has 164 valence electrons. The molecule has 9 nitrogen and oxygen atoms in total. The summed E-state index contributed by atoms with van der Waals surface area (Å²) in [6.45, 7) is 5.40. The van der Waals surface area contributed by atoms with Crippen LogP contribution in [0.1, 0.15) is 22.5 Å². The van der Waals surface area contributed by atoms with Crippen molar-refractivity contribution in [3.63, 3.8) is 0 Å². The van der Waals surface area contributed by atoms with E-state index in [1.807, 2.05) is 0 Å². The number of hydrogen-bond acceptors (Lipinski definition) is 6. The summed E-state index contributed by atoms with van der Waals surface area (Å²) in [7, 11) is -3.64. The predicted octanol–water partition coefficient (Wildman–Crippen LogP) is 1.76. The fraction of sp³-hybridized carbons (Fsp3) is 0.100. The average Bonchev–Trinajstić information content (AvgIpc) is 3.06. The summed E-state index contributed by atoms with van der Waals surface area (Å²) in [6.07, 6.45) is 4.72. The zero-order valence-corrected chi connectivity index (χ0v) is 18.5. The zero-order chi connectivity index (χ0) is 23.7. The molecule has 2 aromatic carbocycles. The van der Waals surface area contributed by atoms with Crippen molar-refractivity contribution in [2.45, 2.75) is 23.1 Å². The van der Waals surface area contributed by atoms with Gasteiger partial charge in [0.05, 0.1) is 17.1 Å². The molecule has 0 bridgehead atoms. The summed E-state index contributed by atoms with van der Waals surface area (Å²) in [5, 5.41) is 8.55. The third-order valence-corrected chi connectivity index (χ3v) is 6.30. The standard InChI is InChI=1S/C20H18BN3O6S2/c1-3-4-18-13(2)22-24(23-18)17-10-8-15(20(12-17)32(28,29)30)6-5-14-7-9-16(21)11-19(14)31(25,26)27/h3,5-12H,1,4H2,2H3,(H,25,26,27)(H,28,29,30)/b6-5+. The maximum absolute atomic E-state index is 12.0. The molecule has 1 aromatic heterocycles. The van der Waals surface area contributed by atoms with Crippen molar-refractivity contribution in [1.29, 1.82) is 0 Å². The van der Waals surface area contributed by atoms with Crippen LogP contribution in [-0.4, -0.2) is 48.8 Å². The molecule has 0 aliphatic carbocycles. The molecule has 0 amide bonds. The van der Waals surface area contributed by atoms with Gasteiger partial charge in [-0.1, -0.05) is 41.9 Å². The average molecular weight is 471 g/mol. The highest BCUT2D eigenvalue weighted by molar-refractivity contribution is 7.86. The van der Waals surface area contributed by atoms with Crippen LogP contribution in [0.5, 0.6) is 0 Å². The van der Waals surface area contributed by atoms with Gasteiger partial charge in [-0.15, -0.1) is 6.58 Å². The van der Waals surface area contributed by atoms with E-state index in [4.69, 9.17) is 7.85 Å². The molecule has 0 aliphatic rings. The number of hydrogen-bond donors (Lipinski definition) is 2. The Kier molecular flexibility index (Phi) is 6.51. The second-order valence-electron chi connectivity index (χ2n) is 6.82. The Morgan fingerprint density at radius 3 is 2.09 bits per heavy atom. The first-order chi connectivity index (χ1) is 14.9. The van der Waals surface area contributed by atoms with Gasteiger partial charge in [0.15, 0.2) is 0 Å². The summed E-state index contributed by atoms with van der Waals surface area (Å²) in [5.74, 6) is 0. The van der Waals surface area contributed by atoms with Crippen molar-refractivity contribution < 1.29 is 25.9 Å². The van der Waals surface area contributed by atoms with Crippen molar-refractivity contribution in [2.24, 2.45) is 0 Å². The van der Waals surface area contributed by atoms with Crippen LogP contribution in [0.3, 0.4) is 0 Å². The Morgan fingerprint density at radius 1 is 0.969 bits per heavy atom. The topological polar surface area (TPSA) is 139 Å². The van der Waals surface area contributed by atoms with E-state index in [-0.39, 0.29) is 16.6 Å². The number of allylic oxidation sites excluding steroid dienone is 1. The third kappa shape index (κ3) is 5.22. The van der Waals surface area contributed by atoms with Crippen LogP contribution in [-0.2, 0) is 26.7 Å². The molecular weight excluding hydrogens is 453 g/mol. The number of nitrogens with zero attached hydrogens (tertiary/aromatic N) is 3. The Hall–Kier alpha value is -3.06. The molecule has 0 aliphatic heterocycles. The fourth-order valence-electron chi connectivity index (χ4n) is 2.95. The fourth-order valence-corrected chi connectivity index (χ4v) is 4.37. The minimum absolute atomic E-state index is 0.0737. The van der Waals surface area contributed by atoms with Crippen LogP contribution in [0.2, 0.25) is 0 Å². The van der Waals surface area contributed by atoms with E-state index in [1.54, 1.807) is 13.0 Å². The summed E-state index contributed by atoms with van der Waals surface area (Å²) in [4.78, 5) is 0.368. The van der Waals surface area contributed by atoms with Gasteiger partial charge in [0.25, 0.3) is 20.2 Å². The highest BCUT2D eigenvalue weighted by atomic mass is 32.2. The first kappa shape index (κ1) is 23.6. The molecule has 12 heteroatoms. The van der Waals surface area contributed by atoms with Gasteiger partial charge in [0.2, 0.25) is 0 Å². The number of rotatable bonds is 7. The van der Waals surface area contributed by atoms with Crippen LogP contribution < -0.4 is 5.46 Å². The first-order valence-corrected chi connectivity index (χ1v) is 12.0. The van der Waals surface area contributed by atoms with E-state index in [2.05, 4.69) is 16.8 Å². The van der Waals surface area contributed by atoms with Crippen LogP contribution in [0, 0.1) is 6.92 Å². The van der Waals surface area contributed by atoms with Crippen LogP contribution >= 0.6 is 0 Å². The Labute approximate surface area is 187 Å². The largest absolute Gasteiger partial charge is 0.295 e. The minimum atomic E-state index is -4.65. The second-order valence-corrected chi connectivity index (χ2v) is 9.60. The lowest BCUT2D eigenvalue weighted by Gasteiger charge is -2.08.